The van der Waals surface area contributed by atoms with Crippen molar-refractivity contribution in [2.24, 2.45) is 4.99 Å². The molecular formula is C14H9N5O. The minimum absolute atomic E-state index is 0.0963. The number of para-hydroxylation sites is 1. The third kappa shape index (κ3) is 2.58. The van der Waals surface area contributed by atoms with Gasteiger partial charge in [0.05, 0.1) is 17.8 Å². The minimum Gasteiger partial charge on any atom is -0.475 e. The molecule has 0 aliphatic carbocycles. The first-order valence-corrected chi connectivity index (χ1v) is 5.78. The molecule has 0 fully saturated rings. The average molecular weight is 263 g/mol. The molecule has 20 heavy (non-hydrogen) atoms. The maximum Gasteiger partial charge on any atom is 0.218 e. The summed E-state index contributed by atoms with van der Waals surface area (Å²) in [4.78, 5) is 4.21. The molecule has 1 aromatic carbocycles. The Morgan fingerprint density at radius 3 is 2.50 bits per heavy atom. The van der Waals surface area contributed by atoms with E-state index < -0.39 is 0 Å². The van der Waals surface area contributed by atoms with Crippen molar-refractivity contribution in [3.63, 3.8) is 0 Å². The van der Waals surface area contributed by atoms with E-state index in [9.17, 15) is 0 Å². The van der Waals surface area contributed by atoms with E-state index in [1.54, 1.807) is 30.3 Å². The molecule has 0 radical (unpaired) electrons. The Morgan fingerprint density at radius 2 is 1.90 bits per heavy atom. The summed E-state index contributed by atoms with van der Waals surface area (Å²) in [7, 11) is 0. The van der Waals surface area contributed by atoms with Crippen LogP contribution in [0, 0.1) is 34.0 Å². The molecule has 1 aliphatic rings. The first-order chi connectivity index (χ1) is 9.80. The zero-order valence-corrected chi connectivity index (χ0v) is 10.4. The minimum atomic E-state index is -0.267. The van der Waals surface area contributed by atoms with E-state index in [4.69, 9.17) is 20.5 Å². The number of ether oxygens (including phenoxy) is 1. The molecule has 1 N–H and O–H groups in total. The Bertz CT molecular complexity index is 696. The van der Waals surface area contributed by atoms with Gasteiger partial charge >= 0.3 is 0 Å². The Kier molecular flexibility index (Phi) is 3.97. The van der Waals surface area contributed by atoms with Crippen molar-refractivity contribution < 1.29 is 4.74 Å². The van der Waals surface area contributed by atoms with Crippen LogP contribution in [0.25, 0.3) is 0 Å². The number of anilines is 1. The van der Waals surface area contributed by atoms with Crippen LogP contribution in [0.5, 0.6) is 0 Å². The predicted octanol–water partition coefficient (Wildman–Crippen LogP) is 1.70. The van der Waals surface area contributed by atoms with Crippen LogP contribution in [0.4, 0.5) is 5.69 Å². The Morgan fingerprint density at radius 1 is 1.15 bits per heavy atom. The zero-order valence-electron chi connectivity index (χ0n) is 10.4. The van der Waals surface area contributed by atoms with E-state index in [1.165, 1.54) is 0 Å². The fraction of sp³-hybridized carbons (Fsp3) is 0.143. The molecule has 0 atom stereocenters. The summed E-state index contributed by atoms with van der Waals surface area (Å²) in [6.07, 6.45) is 0. The van der Waals surface area contributed by atoms with E-state index in [0.29, 0.717) is 30.3 Å². The molecule has 6 nitrogen and oxygen atoms in total. The lowest BCUT2D eigenvalue weighted by molar-refractivity contribution is 0.348. The van der Waals surface area contributed by atoms with Crippen molar-refractivity contribution in [2.45, 2.75) is 0 Å². The van der Waals surface area contributed by atoms with Crippen LogP contribution in [0.15, 0.2) is 40.5 Å². The highest BCUT2D eigenvalue weighted by atomic mass is 16.5. The number of nitrogens with zero attached hydrogens (tertiary/aromatic N) is 4. The van der Waals surface area contributed by atoms with Gasteiger partial charge in [-0.15, -0.1) is 0 Å². The van der Waals surface area contributed by atoms with Crippen molar-refractivity contribution in [3.8, 4) is 18.2 Å². The van der Waals surface area contributed by atoms with Gasteiger partial charge in [-0.2, -0.15) is 15.8 Å². The number of nitrogens with one attached hydrogen (secondary N) is 1. The standard InChI is InChI=1S/C14H9N5O/c15-7-10(8-16)13(9-17)19-12-4-2-1-3-11(12)14-18-5-6-20-14/h1-4,19H,5-6H2. The van der Waals surface area contributed by atoms with Crippen LogP contribution in [0.2, 0.25) is 0 Å². The van der Waals surface area contributed by atoms with Crippen LogP contribution in [0.3, 0.4) is 0 Å². The quantitative estimate of drug-likeness (QED) is 0.835. The summed E-state index contributed by atoms with van der Waals surface area (Å²) in [5.41, 5.74) is 0.887. The lowest BCUT2D eigenvalue weighted by Crippen LogP contribution is -2.08. The molecule has 6 heteroatoms. The number of nitriles is 3. The van der Waals surface area contributed by atoms with Crippen LogP contribution < -0.4 is 5.32 Å². The summed E-state index contributed by atoms with van der Waals surface area (Å²) in [5.74, 6) is 0.487. The first kappa shape index (κ1) is 13.1. The van der Waals surface area contributed by atoms with Gasteiger partial charge in [-0.3, -0.25) is 0 Å². The fourth-order valence-corrected chi connectivity index (χ4v) is 1.69. The van der Waals surface area contributed by atoms with Gasteiger partial charge in [-0.05, 0) is 12.1 Å². The molecule has 0 bridgehead atoms. The number of benzene rings is 1. The van der Waals surface area contributed by atoms with Crippen LogP contribution >= 0.6 is 0 Å². The number of hydrogen-bond acceptors (Lipinski definition) is 6. The highest BCUT2D eigenvalue weighted by Crippen LogP contribution is 2.21. The van der Waals surface area contributed by atoms with Crippen molar-refractivity contribution >= 4 is 11.6 Å². The predicted molar refractivity (Wildman–Crippen MR) is 71.3 cm³/mol. The SMILES string of the molecule is N#CC(C#N)=C(C#N)Nc1ccccc1C1=NCCO1. The number of allylic oxidation sites excluding steroid dienone is 2. The van der Waals surface area contributed by atoms with E-state index >= 15 is 0 Å². The number of aliphatic imine (C=N–C) groups is 1. The van der Waals surface area contributed by atoms with Gasteiger partial charge < -0.3 is 10.1 Å². The fourth-order valence-electron chi connectivity index (χ4n) is 1.69. The van der Waals surface area contributed by atoms with E-state index in [-0.39, 0.29) is 11.3 Å². The lowest BCUT2D eigenvalue weighted by Gasteiger charge is -2.10. The molecule has 0 saturated carbocycles. The molecule has 0 spiro atoms. The van der Waals surface area contributed by atoms with Crippen molar-refractivity contribution in [1.29, 1.82) is 15.8 Å². The van der Waals surface area contributed by atoms with Gasteiger partial charge in [-0.25, -0.2) is 4.99 Å². The first-order valence-electron chi connectivity index (χ1n) is 5.78. The maximum absolute atomic E-state index is 9.04. The van der Waals surface area contributed by atoms with Gasteiger partial charge in [0.25, 0.3) is 0 Å². The second-order valence-electron chi connectivity index (χ2n) is 3.79. The van der Waals surface area contributed by atoms with Gasteiger partial charge in [0.1, 0.15) is 30.5 Å². The smallest absolute Gasteiger partial charge is 0.218 e. The molecule has 1 heterocycles. The molecule has 1 aliphatic heterocycles. The topological polar surface area (TPSA) is 105 Å². The van der Waals surface area contributed by atoms with Crippen LogP contribution in [-0.4, -0.2) is 19.0 Å². The lowest BCUT2D eigenvalue weighted by atomic mass is 10.1. The molecule has 0 aromatic heterocycles. The van der Waals surface area contributed by atoms with Gasteiger partial charge in [0, 0.05) is 0 Å². The summed E-state index contributed by atoms with van der Waals surface area (Å²) >= 11 is 0. The molecule has 2 rings (SSSR count). The van der Waals surface area contributed by atoms with E-state index in [0.717, 1.165) is 0 Å². The normalized spacial score (nSPS) is 12.2. The third-order valence-electron chi connectivity index (χ3n) is 2.59. The molecule has 96 valence electrons. The van der Waals surface area contributed by atoms with E-state index in [2.05, 4.69) is 10.3 Å². The van der Waals surface area contributed by atoms with Crippen LogP contribution in [-0.2, 0) is 4.74 Å². The molecule has 0 unspecified atom stereocenters. The average Bonchev–Trinajstić information content (AvgIpc) is 3.02. The highest BCUT2D eigenvalue weighted by molar-refractivity contribution is 6.00. The summed E-state index contributed by atoms with van der Waals surface area (Å²) in [5, 5.41) is 29.5. The summed E-state index contributed by atoms with van der Waals surface area (Å²) in [6, 6.07) is 12.3. The number of rotatable bonds is 3. The molecule has 1 aromatic rings. The van der Waals surface area contributed by atoms with Crippen molar-refractivity contribution in [1.82, 2.24) is 0 Å². The highest BCUT2D eigenvalue weighted by Gasteiger charge is 2.16. The second kappa shape index (κ2) is 6.04. The molecule has 0 amide bonds. The van der Waals surface area contributed by atoms with Gasteiger partial charge in [-0.1, -0.05) is 12.1 Å². The van der Waals surface area contributed by atoms with Gasteiger partial charge in [0.2, 0.25) is 5.90 Å². The Labute approximate surface area is 115 Å². The Hall–Kier alpha value is -3.30. The summed E-state index contributed by atoms with van der Waals surface area (Å²) < 4.78 is 5.39. The van der Waals surface area contributed by atoms with Crippen molar-refractivity contribution in [3.05, 3.63) is 41.1 Å². The number of hydrogen-bond donors (Lipinski definition) is 1. The molecular weight excluding hydrogens is 254 g/mol. The second-order valence-corrected chi connectivity index (χ2v) is 3.79. The Balaban J connectivity index is 2.41. The van der Waals surface area contributed by atoms with Crippen LogP contribution in [0.1, 0.15) is 5.56 Å². The van der Waals surface area contributed by atoms with Gasteiger partial charge in [0.15, 0.2) is 5.57 Å². The molecule has 0 saturated heterocycles. The monoisotopic (exact) mass is 263 g/mol. The van der Waals surface area contributed by atoms with Crippen molar-refractivity contribution in [2.75, 3.05) is 18.5 Å². The third-order valence-corrected chi connectivity index (χ3v) is 2.59. The largest absolute Gasteiger partial charge is 0.475 e. The zero-order chi connectivity index (χ0) is 14.4. The van der Waals surface area contributed by atoms with E-state index in [1.807, 2.05) is 12.1 Å². The maximum atomic E-state index is 9.04. The summed E-state index contributed by atoms with van der Waals surface area (Å²) in [6.45, 7) is 1.11.